The number of rotatable bonds is 1. The third-order valence-corrected chi connectivity index (χ3v) is 3.08. The van der Waals surface area contributed by atoms with Crippen LogP contribution >= 0.6 is 11.6 Å². The highest BCUT2D eigenvalue weighted by Gasteiger charge is 2.19. The molecule has 0 N–H and O–H groups in total. The third-order valence-electron chi connectivity index (χ3n) is 2.88. The topological polar surface area (TPSA) is 25.8 Å². The van der Waals surface area contributed by atoms with Crippen LogP contribution in [0.3, 0.4) is 0 Å². The van der Waals surface area contributed by atoms with Crippen molar-refractivity contribution in [3.63, 3.8) is 0 Å². The average molecular weight is 275 g/mol. The van der Waals surface area contributed by atoms with Crippen LogP contribution in [0, 0.1) is 13.8 Å². The minimum absolute atomic E-state index is 0.113. The number of hydrogen-bond acceptors (Lipinski definition) is 2. The maximum atomic E-state index is 6.13. The van der Waals surface area contributed by atoms with E-state index in [1.165, 1.54) is 11.1 Å². The zero-order chi connectivity index (χ0) is 14.2. The Hall–Kier alpha value is -1.41. The zero-order valence-corrected chi connectivity index (χ0v) is 12.8. The Kier molecular flexibility index (Phi) is 3.64. The standard InChI is InChI=1S/C16H19ClN2/c1-10-6-11(2)8-12(7-10)13-9-14(17)19-15(18-13)16(3,4)5/h6-9H,1-5H3. The van der Waals surface area contributed by atoms with Crippen LogP contribution in [0.15, 0.2) is 24.3 Å². The molecule has 0 saturated heterocycles. The molecule has 1 heterocycles. The van der Waals surface area contributed by atoms with Crippen molar-refractivity contribution in [1.82, 2.24) is 9.97 Å². The zero-order valence-electron chi connectivity index (χ0n) is 12.1. The predicted molar refractivity (Wildman–Crippen MR) is 80.7 cm³/mol. The van der Waals surface area contributed by atoms with Crippen LogP contribution in [-0.4, -0.2) is 9.97 Å². The number of nitrogens with zero attached hydrogens (tertiary/aromatic N) is 2. The summed E-state index contributed by atoms with van der Waals surface area (Å²) in [6, 6.07) is 8.22. The van der Waals surface area contributed by atoms with E-state index >= 15 is 0 Å². The van der Waals surface area contributed by atoms with Gasteiger partial charge in [0.25, 0.3) is 0 Å². The number of halogens is 1. The van der Waals surface area contributed by atoms with E-state index in [-0.39, 0.29) is 5.41 Å². The monoisotopic (exact) mass is 274 g/mol. The maximum Gasteiger partial charge on any atom is 0.136 e. The molecule has 0 spiro atoms. The molecule has 1 aromatic carbocycles. The predicted octanol–water partition coefficient (Wildman–Crippen LogP) is 4.71. The summed E-state index contributed by atoms with van der Waals surface area (Å²) in [6.07, 6.45) is 0. The van der Waals surface area contributed by atoms with Crippen molar-refractivity contribution in [3.05, 3.63) is 46.4 Å². The van der Waals surface area contributed by atoms with E-state index in [2.05, 4.69) is 62.8 Å². The van der Waals surface area contributed by atoms with Crippen LogP contribution < -0.4 is 0 Å². The van der Waals surface area contributed by atoms with Crippen molar-refractivity contribution >= 4 is 11.6 Å². The van der Waals surface area contributed by atoms with Crippen LogP contribution in [-0.2, 0) is 5.41 Å². The van der Waals surface area contributed by atoms with E-state index in [1.54, 1.807) is 0 Å². The molecule has 0 saturated carbocycles. The van der Waals surface area contributed by atoms with Crippen LogP contribution in [0.4, 0.5) is 0 Å². The fourth-order valence-corrected chi connectivity index (χ4v) is 2.21. The van der Waals surface area contributed by atoms with E-state index < -0.39 is 0 Å². The molecule has 2 aromatic rings. The first-order valence-electron chi connectivity index (χ1n) is 6.39. The number of benzene rings is 1. The molecule has 0 unspecified atom stereocenters. The van der Waals surface area contributed by atoms with Gasteiger partial charge in [0.1, 0.15) is 11.0 Å². The molecule has 2 rings (SSSR count). The van der Waals surface area contributed by atoms with Gasteiger partial charge < -0.3 is 0 Å². The summed E-state index contributed by atoms with van der Waals surface area (Å²) >= 11 is 6.13. The van der Waals surface area contributed by atoms with E-state index in [0.29, 0.717) is 5.15 Å². The quantitative estimate of drug-likeness (QED) is 0.704. The van der Waals surface area contributed by atoms with E-state index in [0.717, 1.165) is 17.1 Å². The highest BCUT2D eigenvalue weighted by Crippen LogP contribution is 2.26. The Bertz CT molecular complexity index is 592. The maximum absolute atomic E-state index is 6.13. The highest BCUT2D eigenvalue weighted by atomic mass is 35.5. The molecule has 0 amide bonds. The molecule has 19 heavy (non-hydrogen) atoms. The lowest BCUT2D eigenvalue weighted by Crippen LogP contribution is -2.16. The summed E-state index contributed by atoms with van der Waals surface area (Å²) in [4.78, 5) is 8.99. The molecule has 0 radical (unpaired) electrons. The second kappa shape index (κ2) is 4.93. The first-order chi connectivity index (χ1) is 8.75. The first kappa shape index (κ1) is 14.0. The van der Waals surface area contributed by atoms with Gasteiger partial charge in [-0.2, -0.15) is 0 Å². The summed E-state index contributed by atoms with van der Waals surface area (Å²) in [7, 11) is 0. The molecular weight excluding hydrogens is 256 g/mol. The van der Waals surface area contributed by atoms with Gasteiger partial charge in [0.2, 0.25) is 0 Å². The molecule has 0 atom stereocenters. The Labute approximate surface area is 119 Å². The van der Waals surface area contributed by atoms with Crippen molar-refractivity contribution in [2.45, 2.75) is 40.0 Å². The lowest BCUT2D eigenvalue weighted by atomic mass is 9.95. The second-order valence-corrected chi connectivity index (χ2v) is 6.41. The third kappa shape index (κ3) is 3.32. The van der Waals surface area contributed by atoms with E-state index in [4.69, 9.17) is 11.6 Å². The van der Waals surface area contributed by atoms with Crippen LogP contribution in [0.25, 0.3) is 11.3 Å². The van der Waals surface area contributed by atoms with Crippen molar-refractivity contribution in [1.29, 1.82) is 0 Å². The molecule has 100 valence electrons. The van der Waals surface area contributed by atoms with Crippen molar-refractivity contribution < 1.29 is 0 Å². The van der Waals surface area contributed by atoms with Crippen LogP contribution in [0.5, 0.6) is 0 Å². The fraction of sp³-hybridized carbons (Fsp3) is 0.375. The van der Waals surface area contributed by atoms with Gasteiger partial charge in [-0.25, -0.2) is 9.97 Å². The van der Waals surface area contributed by atoms with Gasteiger partial charge in [0.15, 0.2) is 0 Å². The number of aryl methyl sites for hydroxylation is 2. The molecule has 0 aliphatic heterocycles. The van der Waals surface area contributed by atoms with Gasteiger partial charge in [-0.05, 0) is 26.0 Å². The number of hydrogen-bond donors (Lipinski definition) is 0. The molecule has 0 aliphatic rings. The normalized spacial score (nSPS) is 11.7. The Morgan fingerprint density at radius 1 is 0.895 bits per heavy atom. The smallest absolute Gasteiger partial charge is 0.136 e. The van der Waals surface area contributed by atoms with Crippen LogP contribution in [0.2, 0.25) is 5.15 Å². The van der Waals surface area contributed by atoms with E-state index in [1.807, 2.05) is 6.07 Å². The van der Waals surface area contributed by atoms with Gasteiger partial charge in [0.05, 0.1) is 5.69 Å². The summed E-state index contributed by atoms with van der Waals surface area (Å²) < 4.78 is 0. The van der Waals surface area contributed by atoms with Crippen molar-refractivity contribution in [2.24, 2.45) is 0 Å². The minimum atomic E-state index is -0.113. The Morgan fingerprint density at radius 3 is 2.00 bits per heavy atom. The first-order valence-corrected chi connectivity index (χ1v) is 6.77. The minimum Gasteiger partial charge on any atom is -0.232 e. The SMILES string of the molecule is Cc1cc(C)cc(-c2cc(Cl)nc(C(C)(C)C)n2)c1. The average Bonchev–Trinajstić information content (AvgIpc) is 2.25. The second-order valence-electron chi connectivity index (χ2n) is 6.03. The summed E-state index contributed by atoms with van der Waals surface area (Å²) in [5, 5.41) is 0.495. The van der Waals surface area contributed by atoms with Crippen molar-refractivity contribution in [3.8, 4) is 11.3 Å². The van der Waals surface area contributed by atoms with Crippen LogP contribution in [0.1, 0.15) is 37.7 Å². The van der Waals surface area contributed by atoms with Gasteiger partial charge in [-0.3, -0.25) is 0 Å². The molecule has 1 aromatic heterocycles. The van der Waals surface area contributed by atoms with E-state index in [9.17, 15) is 0 Å². The lowest BCUT2D eigenvalue weighted by Gasteiger charge is -2.17. The van der Waals surface area contributed by atoms with Crippen molar-refractivity contribution in [2.75, 3.05) is 0 Å². The Balaban J connectivity index is 2.59. The summed E-state index contributed by atoms with van der Waals surface area (Å²) in [5.41, 5.74) is 4.31. The van der Waals surface area contributed by atoms with Gasteiger partial charge in [-0.1, -0.05) is 49.6 Å². The molecular formula is C16H19ClN2. The molecule has 0 aliphatic carbocycles. The van der Waals surface area contributed by atoms with Gasteiger partial charge in [-0.15, -0.1) is 0 Å². The molecule has 0 fully saturated rings. The molecule has 0 bridgehead atoms. The van der Waals surface area contributed by atoms with Gasteiger partial charge in [0, 0.05) is 17.0 Å². The summed E-state index contributed by atoms with van der Waals surface area (Å²) in [6.45, 7) is 10.4. The molecule has 2 nitrogen and oxygen atoms in total. The summed E-state index contributed by atoms with van der Waals surface area (Å²) in [5.74, 6) is 0.772. The Morgan fingerprint density at radius 2 is 1.47 bits per heavy atom. The van der Waals surface area contributed by atoms with Gasteiger partial charge >= 0.3 is 0 Å². The molecule has 3 heteroatoms. The highest BCUT2D eigenvalue weighted by molar-refractivity contribution is 6.29. The lowest BCUT2D eigenvalue weighted by molar-refractivity contribution is 0.546. The fourth-order valence-electron chi connectivity index (χ4n) is 2.02. The number of aromatic nitrogens is 2. The largest absolute Gasteiger partial charge is 0.232 e.